The fourth-order valence-corrected chi connectivity index (χ4v) is 2.67. The average Bonchev–Trinajstić information content (AvgIpc) is 3.29. The average molecular weight is 278 g/mol. The van der Waals surface area contributed by atoms with Gasteiger partial charge in [0.05, 0.1) is 0 Å². The van der Waals surface area contributed by atoms with Gasteiger partial charge in [-0.3, -0.25) is 4.79 Å². The van der Waals surface area contributed by atoms with Gasteiger partial charge in [0.15, 0.2) is 0 Å². The first kappa shape index (κ1) is 13.6. The van der Waals surface area contributed by atoms with Gasteiger partial charge in [0.1, 0.15) is 5.76 Å². The summed E-state index contributed by atoms with van der Waals surface area (Å²) in [5.74, 6) is 1.29. The van der Waals surface area contributed by atoms with E-state index in [0.29, 0.717) is 11.8 Å². The molecule has 1 fully saturated rings. The second-order valence-corrected chi connectivity index (χ2v) is 5.41. The van der Waals surface area contributed by atoms with Crippen molar-refractivity contribution in [1.29, 1.82) is 0 Å². The van der Waals surface area contributed by atoms with E-state index in [4.69, 9.17) is 4.74 Å². The predicted molar refractivity (Wildman–Crippen MR) is 83.5 cm³/mol. The lowest BCUT2D eigenvalue weighted by molar-refractivity contribution is -0.137. The van der Waals surface area contributed by atoms with Crippen molar-refractivity contribution < 1.29 is 9.53 Å². The topological polar surface area (TPSA) is 26.3 Å². The molecule has 21 heavy (non-hydrogen) atoms. The Bertz CT molecular complexity index is 644. The van der Waals surface area contributed by atoms with E-state index in [1.54, 1.807) is 0 Å². The number of hydrogen-bond donors (Lipinski definition) is 0. The summed E-state index contributed by atoms with van der Waals surface area (Å²) in [6, 6.07) is 20.4. The largest absolute Gasteiger partial charge is 0.431 e. The maximum absolute atomic E-state index is 11.4. The third-order valence-corrected chi connectivity index (χ3v) is 3.75. The lowest BCUT2D eigenvalue weighted by atomic mass is 10.1. The van der Waals surface area contributed by atoms with E-state index in [9.17, 15) is 4.79 Å². The van der Waals surface area contributed by atoms with E-state index in [1.807, 2.05) is 42.5 Å². The Balaban J connectivity index is 1.82. The highest BCUT2D eigenvalue weighted by molar-refractivity contribution is 5.69. The minimum Gasteiger partial charge on any atom is -0.431 e. The molecule has 0 spiro atoms. The Kier molecular flexibility index (Phi) is 3.87. The predicted octanol–water partition coefficient (Wildman–Crippen LogP) is 4.39. The second-order valence-electron chi connectivity index (χ2n) is 5.41. The van der Waals surface area contributed by atoms with E-state index in [2.05, 4.69) is 24.3 Å². The van der Waals surface area contributed by atoms with E-state index < -0.39 is 0 Å². The van der Waals surface area contributed by atoms with Gasteiger partial charge in [-0.05, 0) is 29.5 Å². The molecular weight excluding hydrogens is 260 g/mol. The van der Waals surface area contributed by atoms with Gasteiger partial charge in [0.2, 0.25) is 0 Å². The fourth-order valence-electron chi connectivity index (χ4n) is 2.67. The molecule has 0 saturated heterocycles. The zero-order valence-electron chi connectivity index (χ0n) is 12.0. The summed E-state index contributed by atoms with van der Waals surface area (Å²) in [6.45, 7) is 1.46. The molecule has 1 aliphatic carbocycles. The third-order valence-electron chi connectivity index (χ3n) is 3.75. The normalized spacial score (nSPS) is 20.9. The van der Waals surface area contributed by atoms with Gasteiger partial charge in [-0.2, -0.15) is 0 Å². The summed E-state index contributed by atoms with van der Waals surface area (Å²) in [5.41, 5.74) is 2.38. The molecule has 0 unspecified atom stereocenters. The highest BCUT2D eigenvalue weighted by Crippen LogP contribution is 2.52. The van der Waals surface area contributed by atoms with Crippen LogP contribution in [0, 0.1) is 5.92 Å². The van der Waals surface area contributed by atoms with E-state index in [-0.39, 0.29) is 5.97 Å². The molecule has 0 aromatic heterocycles. The van der Waals surface area contributed by atoms with Crippen LogP contribution in [0.5, 0.6) is 0 Å². The molecule has 2 aromatic rings. The molecular formula is C19H18O2. The molecule has 0 amide bonds. The quantitative estimate of drug-likeness (QED) is 0.612. The molecule has 2 atom stereocenters. The first-order valence-corrected chi connectivity index (χ1v) is 7.24. The first-order chi connectivity index (χ1) is 10.2. The summed E-state index contributed by atoms with van der Waals surface area (Å²) < 4.78 is 5.45. The number of benzene rings is 2. The number of rotatable bonds is 4. The summed E-state index contributed by atoms with van der Waals surface area (Å²) in [6.07, 6.45) is 3.02. The molecule has 3 rings (SSSR count). The Morgan fingerprint density at radius 2 is 1.67 bits per heavy atom. The molecule has 0 bridgehead atoms. The number of esters is 1. The van der Waals surface area contributed by atoms with Crippen LogP contribution in [-0.2, 0) is 9.53 Å². The molecule has 2 heteroatoms. The van der Waals surface area contributed by atoms with Gasteiger partial charge < -0.3 is 4.74 Å². The maximum atomic E-state index is 11.4. The van der Waals surface area contributed by atoms with Crippen LogP contribution in [0.2, 0.25) is 0 Å². The summed E-state index contributed by atoms with van der Waals surface area (Å²) in [7, 11) is 0. The van der Waals surface area contributed by atoms with Crippen molar-refractivity contribution in [1.82, 2.24) is 0 Å². The van der Waals surface area contributed by atoms with Crippen LogP contribution in [0.15, 0.2) is 66.4 Å². The Labute approximate surface area is 125 Å². The lowest BCUT2D eigenvalue weighted by Gasteiger charge is -2.07. The van der Waals surface area contributed by atoms with Gasteiger partial charge in [0, 0.05) is 12.8 Å². The van der Waals surface area contributed by atoms with Crippen molar-refractivity contribution in [3.63, 3.8) is 0 Å². The van der Waals surface area contributed by atoms with Crippen LogP contribution in [0.3, 0.4) is 0 Å². The van der Waals surface area contributed by atoms with Crippen molar-refractivity contribution in [2.75, 3.05) is 0 Å². The van der Waals surface area contributed by atoms with Crippen molar-refractivity contribution in [3.05, 3.63) is 77.5 Å². The van der Waals surface area contributed by atoms with Crippen LogP contribution in [0.25, 0.3) is 6.08 Å². The molecule has 0 N–H and O–H groups in total. The highest BCUT2D eigenvalue weighted by atomic mass is 16.5. The van der Waals surface area contributed by atoms with Crippen LogP contribution < -0.4 is 0 Å². The van der Waals surface area contributed by atoms with Crippen LogP contribution >= 0.6 is 0 Å². The molecule has 0 heterocycles. The van der Waals surface area contributed by atoms with Crippen molar-refractivity contribution >= 4 is 12.0 Å². The van der Waals surface area contributed by atoms with E-state index in [1.165, 1.54) is 12.5 Å². The van der Waals surface area contributed by atoms with Gasteiger partial charge in [-0.25, -0.2) is 0 Å². The highest BCUT2D eigenvalue weighted by Gasteiger charge is 2.42. The van der Waals surface area contributed by atoms with Gasteiger partial charge in [-0.15, -0.1) is 0 Å². The van der Waals surface area contributed by atoms with Crippen LogP contribution in [-0.4, -0.2) is 5.97 Å². The molecule has 1 saturated carbocycles. The number of hydrogen-bond acceptors (Lipinski definition) is 2. The minimum atomic E-state index is -0.254. The molecule has 0 radical (unpaired) electrons. The monoisotopic (exact) mass is 278 g/mol. The summed E-state index contributed by atoms with van der Waals surface area (Å²) >= 11 is 0. The van der Waals surface area contributed by atoms with E-state index >= 15 is 0 Å². The number of carbonyl (C=O) groups is 1. The van der Waals surface area contributed by atoms with Crippen LogP contribution in [0.1, 0.15) is 30.4 Å². The minimum absolute atomic E-state index is 0.254. The van der Waals surface area contributed by atoms with Gasteiger partial charge in [0.25, 0.3) is 0 Å². The molecule has 2 aromatic carbocycles. The van der Waals surface area contributed by atoms with Gasteiger partial charge in [-0.1, -0.05) is 60.7 Å². The van der Waals surface area contributed by atoms with Gasteiger partial charge >= 0.3 is 5.97 Å². The second kappa shape index (κ2) is 5.96. The number of allylic oxidation sites excluding steroid dienone is 1. The summed E-state index contributed by atoms with van der Waals surface area (Å²) in [4.78, 5) is 11.4. The fraction of sp³-hybridized carbons (Fsp3) is 0.211. The maximum Gasteiger partial charge on any atom is 0.307 e. The third kappa shape index (κ3) is 3.40. The zero-order valence-corrected chi connectivity index (χ0v) is 12.0. The first-order valence-electron chi connectivity index (χ1n) is 7.24. The smallest absolute Gasteiger partial charge is 0.307 e. The lowest BCUT2D eigenvalue weighted by Crippen LogP contribution is -2.01. The molecule has 2 nitrogen and oxygen atoms in total. The molecule has 1 aliphatic rings. The van der Waals surface area contributed by atoms with Crippen LogP contribution in [0.4, 0.5) is 0 Å². The Hall–Kier alpha value is -2.35. The van der Waals surface area contributed by atoms with Crippen molar-refractivity contribution in [2.45, 2.75) is 19.3 Å². The molecule has 106 valence electrons. The SMILES string of the molecule is CC(=O)O/C(=C/c1ccccc1)[C@H]1C[C@H]1c1ccccc1. The number of carbonyl (C=O) groups excluding carboxylic acids is 1. The Morgan fingerprint density at radius 3 is 2.29 bits per heavy atom. The zero-order chi connectivity index (χ0) is 14.7. The van der Waals surface area contributed by atoms with E-state index in [0.717, 1.165) is 17.7 Å². The van der Waals surface area contributed by atoms with Crippen molar-refractivity contribution in [3.8, 4) is 0 Å². The number of ether oxygens (including phenoxy) is 1. The Morgan fingerprint density at radius 1 is 1.05 bits per heavy atom. The standard InChI is InChI=1S/C19H18O2/c1-14(20)21-19(12-15-8-4-2-5-9-15)18-13-17(18)16-10-6-3-7-11-16/h2-12,17-18H,13H2,1H3/b19-12+/t17-,18-/m0/s1. The summed E-state index contributed by atoms with van der Waals surface area (Å²) in [5, 5.41) is 0. The van der Waals surface area contributed by atoms with Crippen molar-refractivity contribution in [2.24, 2.45) is 5.92 Å². The molecule has 0 aliphatic heterocycles.